The van der Waals surface area contributed by atoms with Gasteiger partial charge in [0.1, 0.15) is 12.6 Å². The molecular weight excluding hydrogens is 254 g/mol. The van der Waals surface area contributed by atoms with Crippen LogP contribution in [0.5, 0.6) is 0 Å². The van der Waals surface area contributed by atoms with Crippen molar-refractivity contribution >= 4 is 23.0 Å². The Balaban J connectivity index is 2.24. The van der Waals surface area contributed by atoms with E-state index in [1.165, 1.54) is 7.11 Å². The fourth-order valence-corrected chi connectivity index (χ4v) is 1.73. The van der Waals surface area contributed by atoms with Crippen LogP contribution in [0.25, 0.3) is 0 Å². The SMILES string of the molecule is COC(=O)[C@H](N)CSC(=O)OCc1ccccc1. The molecule has 0 aliphatic rings. The monoisotopic (exact) mass is 269 g/mol. The van der Waals surface area contributed by atoms with Crippen molar-refractivity contribution in [3.63, 3.8) is 0 Å². The average Bonchev–Trinajstić information content (AvgIpc) is 2.42. The summed E-state index contributed by atoms with van der Waals surface area (Å²) in [4.78, 5) is 22.4. The van der Waals surface area contributed by atoms with Crippen molar-refractivity contribution in [2.45, 2.75) is 12.6 Å². The summed E-state index contributed by atoms with van der Waals surface area (Å²) in [5.74, 6) is -0.404. The van der Waals surface area contributed by atoms with Crippen molar-refractivity contribution in [3.8, 4) is 0 Å². The van der Waals surface area contributed by atoms with E-state index in [1.807, 2.05) is 30.3 Å². The third-order valence-electron chi connectivity index (χ3n) is 2.08. The lowest BCUT2D eigenvalue weighted by molar-refractivity contribution is -0.141. The third kappa shape index (κ3) is 5.20. The molecule has 2 N–H and O–H groups in total. The van der Waals surface area contributed by atoms with Crippen LogP contribution in [-0.2, 0) is 20.9 Å². The maximum Gasteiger partial charge on any atom is 0.367 e. The van der Waals surface area contributed by atoms with E-state index in [0.29, 0.717) is 0 Å². The van der Waals surface area contributed by atoms with Crippen LogP contribution >= 0.6 is 11.8 Å². The normalized spacial score (nSPS) is 11.7. The van der Waals surface area contributed by atoms with Crippen molar-refractivity contribution in [1.82, 2.24) is 0 Å². The minimum absolute atomic E-state index is 0.139. The molecule has 0 aromatic heterocycles. The first-order chi connectivity index (χ1) is 8.63. The zero-order chi connectivity index (χ0) is 13.4. The van der Waals surface area contributed by atoms with Gasteiger partial charge in [0.25, 0.3) is 0 Å². The molecule has 0 radical (unpaired) electrons. The first-order valence-corrected chi connectivity index (χ1v) is 6.29. The zero-order valence-electron chi connectivity index (χ0n) is 10.00. The second kappa shape index (κ2) is 7.73. The van der Waals surface area contributed by atoms with Crippen LogP contribution < -0.4 is 5.73 Å². The molecule has 0 saturated carbocycles. The first-order valence-electron chi connectivity index (χ1n) is 5.30. The van der Waals surface area contributed by atoms with Gasteiger partial charge in [0, 0.05) is 5.75 Å². The molecule has 0 aliphatic heterocycles. The van der Waals surface area contributed by atoms with Crippen LogP contribution in [0.1, 0.15) is 5.56 Å². The van der Waals surface area contributed by atoms with Crippen molar-refractivity contribution < 1.29 is 19.1 Å². The van der Waals surface area contributed by atoms with E-state index in [1.54, 1.807) is 0 Å². The fourth-order valence-electron chi connectivity index (χ4n) is 1.14. The van der Waals surface area contributed by atoms with E-state index in [2.05, 4.69) is 4.74 Å². The number of methoxy groups -OCH3 is 1. The highest BCUT2D eigenvalue weighted by atomic mass is 32.2. The summed E-state index contributed by atoms with van der Waals surface area (Å²) in [5.41, 5.74) is 6.39. The van der Waals surface area contributed by atoms with Gasteiger partial charge in [-0.15, -0.1) is 0 Å². The van der Waals surface area contributed by atoms with Crippen molar-refractivity contribution in [2.24, 2.45) is 5.73 Å². The molecule has 98 valence electrons. The summed E-state index contributed by atoms with van der Waals surface area (Å²) in [6.45, 7) is 0.208. The Hall–Kier alpha value is -1.53. The summed E-state index contributed by atoms with van der Waals surface area (Å²) in [7, 11) is 1.25. The molecule has 0 fully saturated rings. The van der Waals surface area contributed by atoms with Gasteiger partial charge in [0.2, 0.25) is 0 Å². The Morgan fingerprint density at radius 2 is 2.00 bits per heavy atom. The van der Waals surface area contributed by atoms with Gasteiger partial charge in [-0.2, -0.15) is 0 Å². The fraction of sp³-hybridized carbons (Fsp3) is 0.333. The van der Waals surface area contributed by atoms with Crippen molar-refractivity contribution in [3.05, 3.63) is 35.9 Å². The average molecular weight is 269 g/mol. The molecule has 1 aromatic rings. The molecule has 1 atom stereocenters. The summed E-state index contributed by atoms with van der Waals surface area (Å²) in [6, 6.07) is 8.52. The van der Waals surface area contributed by atoms with E-state index >= 15 is 0 Å². The zero-order valence-corrected chi connectivity index (χ0v) is 10.8. The Bertz CT molecular complexity index is 396. The summed E-state index contributed by atoms with van der Waals surface area (Å²) >= 11 is 0.861. The minimum Gasteiger partial charge on any atom is -0.468 e. The predicted octanol–water partition coefficient (Wildman–Crippen LogP) is 1.56. The Kier molecular flexibility index (Phi) is 6.24. The number of esters is 1. The number of carbonyl (C=O) groups is 2. The molecule has 6 heteroatoms. The van der Waals surface area contributed by atoms with Crippen LogP contribution in [0.2, 0.25) is 0 Å². The van der Waals surface area contributed by atoms with Crippen LogP contribution in [0.15, 0.2) is 30.3 Å². The van der Waals surface area contributed by atoms with Gasteiger partial charge in [-0.05, 0) is 17.3 Å². The molecule has 1 rings (SSSR count). The predicted molar refractivity (Wildman–Crippen MR) is 69.1 cm³/mol. The lowest BCUT2D eigenvalue weighted by Gasteiger charge is -2.08. The summed E-state index contributed by atoms with van der Waals surface area (Å²) < 4.78 is 9.45. The molecule has 0 bridgehead atoms. The quantitative estimate of drug-likeness (QED) is 0.817. The van der Waals surface area contributed by atoms with E-state index in [9.17, 15) is 9.59 Å². The number of hydrogen-bond donors (Lipinski definition) is 1. The first kappa shape index (κ1) is 14.5. The number of hydrogen-bond acceptors (Lipinski definition) is 6. The minimum atomic E-state index is -0.815. The lowest BCUT2D eigenvalue weighted by atomic mass is 10.2. The molecular formula is C12H15NO4S. The Morgan fingerprint density at radius 3 is 2.61 bits per heavy atom. The number of nitrogens with two attached hydrogens (primary N) is 1. The van der Waals surface area contributed by atoms with Gasteiger partial charge in [0.15, 0.2) is 0 Å². The molecule has 5 nitrogen and oxygen atoms in total. The lowest BCUT2D eigenvalue weighted by Crippen LogP contribution is -2.34. The second-order valence-corrected chi connectivity index (χ2v) is 4.42. The van der Waals surface area contributed by atoms with Crippen molar-refractivity contribution in [2.75, 3.05) is 12.9 Å². The highest BCUT2D eigenvalue weighted by Gasteiger charge is 2.16. The number of benzene rings is 1. The highest BCUT2D eigenvalue weighted by molar-refractivity contribution is 8.13. The van der Waals surface area contributed by atoms with Gasteiger partial charge < -0.3 is 15.2 Å². The van der Waals surface area contributed by atoms with E-state index in [-0.39, 0.29) is 12.4 Å². The molecule has 18 heavy (non-hydrogen) atoms. The Morgan fingerprint density at radius 1 is 1.33 bits per heavy atom. The van der Waals surface area contributed by atoms with Gasteiger partial charge in [-0.25, -0.2) is 4.79 Å². The molecule has 0 heterocycles. The van der Waals surface area contributed by atoms with Crippen LogP contribution in [0, 0.1) is 0 Å². The van der Waals surface area contributed by atoms with E-state index < -0.39 is 17.3 Å². The second-order valence-electron chi connectivity index (χ2n) is 3.46. The molecule has 0 amide bonds. The third-order valence-corrected chi connectivity index (χ3v) is 2.96. The van der Waals surface area contributed by atoms with Gasteiger partial charge >= 0.3 is 11.3 Å². The smallest absolute Gasteiger partial charge is 0.367 e. The largest absolute Gasteiger partial charge is 0.468 e. The molecule has 0 aliphatic carbocycles. The molecule has 0 spiro atoms. The standard InChI is InChI=1S/C12H15NO4S/c1-16-11(14)10(13)8-18-12(15)17-7-9-5-3-2-4-6-9/h2-6,10H,7-8,13H2,1H3/t10-/m1/s1. The number of rotatable bonds is 5. The molecule has 0 unspecified atom stereocenters. The topological polar surface area (TPSA) is 78.6 Å². The van der Waals surface area contributed by atoms with Crippen LogP contribution in [-0.4, -0.2) is 30.2 Å². The number of thioether (sulfide) groups is 1. The molecule has 0 saturated heterocycles. The van der Waals surface area contributed by atoms with Gasteiger partial charge in [-0.3, -0.25) is 4.79 Å². The maximum absolute atomic E-state index is 11.4. The number of carbonyl (C=O) groups excluding carboxylic acids is 2. The van der Waals surface area contributed by atoms with E-state index in [4.69, 9.17) is 10.5 Å². The maximum atomic E-state index is 11.4. The van der Waals surface area contributed by atoms with Crippen LogP contribution in [0.3, 0.4) is 0 Å². The number of ether oxygens (including phenoxy) is 2. The van der Waals surface area contributed by atoms with Gasteiger partial charge in [0.05, 0.1) is 7.11 Å². The summed E-state index contributed by atoms with van der Waals surface area (Å²) in [6.07, 6.45) is 0. The summed E-state index contributed by atoms with van der Waals surface area (Å²) in [5, 5.41) is -0.460. The highest BCUT2D eigenvalue weighted by Crippen LogP contribution is 2.10. The van der Waals surface area contributed by atoms with Crippen molar-refractivity contribution in [1.29, 1.82) is 0 Å². The Labute approximate surface area is 110 Å². The molecule has 1 aromatic carbocycles. The van der Waals surface area contributed by atoms with Gasteiger partial charge in [-0.1, -0.05) is 30.3 Å². The van der Waals surface area contributed by atoms with Crippen LogP contribution in [0.4, 0.5) is 4.79 Å². The van der Waals surface area contributed by atoms with E-state index in [0.717, 1.165) is 17.3 Å².